The van der Waals surface area contributed by atoms with E-state index < -0.39 is 0 Å². The Kier molecular flexibility index (Phi) is 6.53. The van der Waals surface area contributed by atoms with Crippen LogP contribution in [0.3, 0.4) is 0 Å². The van der Waals surface area contributed by atoms with Crippen LogP contribution < -0.4 is 14.8 Å². The highest BCUT2D eigenvalue weighted by Crippen LogP contribution is 2.33. The molecule has 31 heavy (non-hydrogen) atoms. The van der Waals surface area contributed by atoms with Gasteiger partial charge >= 0.3 is 0 Å². The number of thiophene rings is 1. The smallest absolute Gasteiger partial charge is 0.263 e. The molecule has 7 nitrogen and oxygen atoms in total. The molecule has 0 aliphatic carbocycles. The van der Waals surface area contributed by atoms with Gasteiger partial charge in [0.1, 0.15) is 0 Å². The molecule has 0 bridgehead atoms. The topological polar surface area (TPSA) is 80.8 Å². The van der Waals surface area contributed by atoms with Crippen molar-refractivity contribution in [2.45, 2.75) is 12.8 Å². The molecule has 9 heteroatoms. The molecular formula is C22H23N3O4S2. The minimum atomic E-state index is -0.244. The van der Waals surface area contributed by atoms with E-state index in [1.807, 2.05) is 41.1 Å². The van der Waals surface area contributed by atoms with Gasteiger partial charge in [-0.05, 0) is 42.5 Å². The summed E-state index contributed by atoms with van der Waals surface area (Å²) in [5.41, 5.74) is 1.62. The Hall–Kier alpha value is -2.91. The first-order valence-electron chi connectivity index (χ1n) is 9.90. The lowest BCUT2D eigenvalue weighted by molar-refractivity contribution is -0.121. The number of nitrogens with one attached hydrogen (secondary N) is 1. The quantitative estimate of drug-likeness (QED) is 0.594. The molecule has 0 saturated carbocycles. The van der Waals surface area contributed by atoms with E-state index in [2.05, 4.69) is 10.3 Å². The van der Waals surface area contributed by atoms with Crippen LogP contribution in [0.15, 0.2) is 41.1 Å². The van der Waals surface area contributed by atoms with E-state index >= 15 is 0 Å². The van der Waals surface area contributed by atoms with E-state index in [9.17, 15) is 9.59 Å². The van der Waals surface area contributed by atoms with Gasteiger partial charge in [0.2, 0.25) is 5.91 Å². The fourth-order valence-corrected chi connectivity index (χ4v) is 5.01. The number of anilines is 1. The molecule has 3 aromatic rings. The number of amides is 2. The van der Waals surface area contributed by atoms with Crippen LogP contribution in [0, 0.1) is 5.92 Å². The molecule has 162 valence electrons. The summed E-state index contributed by atoms with van der Waals surface area (Å²) in [6, 6.07) is 9.27. The molecular weight excluding hydrogens is 434 g/mol. The van der Waals surface area contributed by atoms with E-state index in [0.29, 0.717) is 34.6 Å². The van der Waals surface area contributed by atoms with E-state index in [-0.39, 0.29) is 17.7 Å². The number of benzene rings is 1. The van der Waals surface area contributed by atoms with Crippen molar-refractivity contribution < 1.29 is 19.1 Å². The molecule has 1 N–H and O–H groups in total. The molecule has 1 aliphatic heterocycles. The predicted molar refractivity (Wildman–Crippen MR) is 122 cm³/mol. The van der Waals surface area contributed by atoms with Crippen molar-refractivity contribution in [1.29, 1.82) is 0 Å². The number of carbonyl (C=O) groups excluding carboxylic acids is 2. The van der Waals surface area contributed by atoms with Gasteiger partial charge in [0.25, 0.3) is 5.91 Å². The monoisotopic (exact) mass is 457 g/mol. The molecule has 4 rings (SSSR count). The lowest BCUT2D eigenvalue weighted by Crippen LogP contribution is -2.43. The van der Waals surface area contributed by atoms with Crippen LogP contribution >= 0.6 is 22.7 Å². The lowest BCUT2D eigenvalue weighted by atomic mass is 9.97. The van der Waals surface area contributed by atoms with Crippen molar-refractivity contribution in [2.75, 3.05) is 32.6 Å². The molecule has 2 aromatic heterocycles. The Morgan fingerprint density at radius 1 is 1.16 bits per heavy atom. The summed E-state index contributed by atoms with van der Waals surface area (Å²) in [4.78, 5) is 32.5. The van der Waals surface area contributed by atoms with Gasteiger partial charge in [-0.1, -0.05) is 6.07 Å². The second kappa shape index (κ2) is 9.49. The normalized spacial score (nSPS) is 16.1. The summed E-state index contributed by atoms with van der Waals surface area (Å²) in [7, 11) is 3.18. The number of likely N-dealkylation sites (tertiary alicyclic amines) is 1. The highest BCUT2D eigenvalue weighted by molar-refractivity contribution is 7.14. The van der Waals surface area contributed by atoms with E-state index in [4.69, 9.17) is 9.47 Å². The van der Waals surface area contributed by atoms with Gasteiger partial charge in [0, 0.05) is 24.0 Å². The summed E-state index contributed by atoms with van der Waals surface area (Å²) in [5, 5.41) is 7.24. The fraction of sp³-hybridized carbons (Fsp3) is 0.318. The number of thiazole rings is 1. The third kappa shape index (κ3) is 4.72. The summed E-state index contributed by atoms with van der Waals surface area (Å²) < 4.78 is 10.6. The second-order valence-corrected chi connectivity index (χ2v) is 8.97. The SMILES string of the molecule is COc1ccc(-c2csc(NC(=O)C3CCCN(C(=O)c4cccs4)C3)n2)cc1OC. The van der Waals surface area contributed by atoms with E-state index in [1.165, 1.54) is 22.7 Å². The van der Waals surface area contributed by atoms with E-state index in [1.54, 1.807) is 19.1 Å². The molecule has 1 fully saturated rings. The van der Waals surface area contributed by atoms with Crippen molar-refractivity contribution >= 4 is 39.6 Å². The van der Waals surface area contributed by atoms with E-state index in [0.717, 1.165) is 24.1 Å². The van der Waals surface area contributed by atoms with Crippen molar-refractivity contribution in [1.82, 2.24) is 9.88 Å². The molecule has 2 amide bonds. The largest absolute Gasteiger partial charge is 0.493 e. The van der Waals surface area contributed by atoms with Gasteiger partial charge in [0.05, 0.1) is 30.7 Å². The number of aromatic nitrogens is 1. The number of nitrogens with zero attached hydrogens (tertiary/aromatic N) is 2. The minimum absolute atomic E-state index is 0.00233. The van der Waals surface area contributed by atoms with Crippen LogP contribution in [-0.4, -0.2) is 49.0 Å². The van der Waals surface area contributed by atoms with Crippen LogP contribution in [0.4, 0.5) is 5.13 Å². The van der Waals surface area contributed by atoms with Crippen LogP contribution in [-0.2, 0) is 4.79 Å². The maximum absolute atomic E-state index is 12.8. The van der Waals surface area contributed by atoms with Crippen molar-refractivity contribution in [3.63, 3.8) is 0 Å². The highest BCUT2D eigenvalue weighted by atomic mass is 32.1. The van der Waals surface area contributed by atoms with Crippen LogP contribution in [0.2, 0.25) is 0 Å². The Labute approximate surface area is 188 Å². The molecule has 0 spiro atoms. The van der Waals surface area contributed by atoms with Crippen molar-refractivity contribution in [3.05, 3.63) is 46.0 Å². The third-order valence-corrected chi connectivity index (χ3v) is 6.84. The Morgan fingerprint density at radius 3 is 2.74 bits per heavy atom. The van der Waals surface area contributed by atoms with Gasteiger partial charge in [0.15, 0.2) is 16.6 Å². The average molecular weight is 458 g/mol. The maximum Gasteiger partial charge on any atom is 0.263 e. The number of hydrogen-bond acceptors (Lipinski definition) is 7. The number of carbonyl (C=O) groups is 2. The van der Waals surface area contributed by atoms with Crippen LogP contribution in [0.5, 0.6) is 11.5 Å². The predicted octanol–water partition coefficient (Wildman–Crippen LogP) is 4.38. The van der Waals surface area contributed by atoms with Crippen LogP contribution in [0.25, 0.3) is 11.3 Å². The first-order valence-corrected chi connectivity index (χ1v) is 11.7. The first kappa shape index (κ1) is 21.3. The standard InChI is InChI=1S/C22H23N3O4S2/c1-28-17-8-7-14(11-18(17)29-2)16-13-31-22(23-16)24-20(26)15-5-3-9-25(12-15)21(27)19-6-4-10-30-19/h4,6-8,10-11,13,15H,3,5,9,12H2,1-2H3,(H,23,24,26). The number of rotatable bonds is 6. The minimum Gasteiger partial charge on any atom is -0.493 e. The van der Waals surface area contributed by atoms with Gasteiger partial charge in [-0.2, -0.15) is 0 Å². The Morgan fingerprint density at radius 2 is 2.00 bits per heavy atom. The maximum atomic E-state index is 12.8. The molecule has 1 saturated heterocycles. The Bertz CT molecular complexity index is 1060. The Balaban J connectivity index is 1.41. The molecule has 1 atom stereocenters. The number of ether oxygens (including phenoxy) is 2. The summed E-state index contributed by atoms with van der Waals surface area (Å²) in [6.45, 7) is 1.11. The third-order valence-electron chi connectivity index (χ3n) is 5.22. The molecule has 1 aliphatic rings. The number of methoxy groups -OCH3 is 2. The summed E-state index contributed by atoms with van der Waals surface area (Å²) in [5.74, 6) is 0.922. The van der Waals surface area contributed by atoms with Crippen molar-refractivity contribution in [3.8, 4) is 22.8 Å². The summed E-state index contributed by atoms with van der Waals surface area (Å²) >= 11 is 2.80. The first-order chi connectivity index (χ1) is 15.1. The molecule has 1 unspecified atom stereocenters. The lowest BCUT2D eigenvalue weighted by Gasteiger charge is -2.31. The van der Waals surface area contributed by atoms with Gasteiger partial charge in [-0.25, -0.2) is 4.98 Å². The molecule has 3 heterocycles. The van der Waals surface area contributed by atoms with Crippen LogP contribution in [0.1, 0.15) is 22.5 Å². The van der Waals surface area contributed by atoms with Gasteiger partial charge in [-0.15, -0.1) is 22.7 Å². The zero-order valence-corrected chi connectivity index (χ0v) is 18.9. The van der Waals surface area contributed by atoms with Gasteiger partial charge in [-0.3, -0.25) is 9.59 Å². The highest BCUT2D eigenvalue weighted by Gasteiger charge is 2.29. The summed E-state index contributed by atoms with van der Waals surface area (Å²) in [6.07, 6.45) is 1.57. The zero-order valence-electron chi connectivity index (χ0n) is 17.3. The molecule has 0 radical (unpaired) electrons. The number of hydrogen-bond donors (Lipinski definition) is 1. The molecule has 1 aromatic carbocycles. The average Bonchev–Trinajstić information content (AvgIpc) is 3.51. The zero-order chi connectivity index (χ0) is 21.8. The number of piperidine rings is 1. The fourth-order valence-electron chi connectivity index (χ4n) is 3.60. The van der Waals surface area contributed by atoms with Crippen molar-refractivity contribution in [2.24, 2.45) is 5.92 Å². The van der Waals surface area contributed by atoms with Gasteiger partial charge < -0.3 is 19.7 Å². The second-order valence-electron chi connectivity index (χ2n) is 7.16.